The number of rotatable bonds is 0. The van der Waals surface area contributed by atoms with Crippen molar-refractivity contribution >= 4 is 11.8 Å². The topological polar surface area (TPSA) is 3.24 Å². The van der Waals surface area contributed by atoms with E-state index in [0.29, 0.717) is 0 Å². The maximum atomic E-state index is 5.73. The molecule has 8 heavy (non-hydrogen) atoms. The minimum absolute atomic E-state index is 1.00. The molecule has 0 amide bonds. The van der Waals surface area contributed by atoms with Gasteiger partial charge in [0, 0.05) is 24.0 Å². The highest BCUT2D eigenvalue weighted by atomic mass is 35.5. The number of halogens is 1. The Balaban J connectivity index is 2.53. The fourth-order valence-electron chi connectivity index (χ4n) is 0.816. The van der Waals surface area contributed by atoms with Crippen molar-refractivity contribution in [2.75, 3.05) is 6.54 Å². The van der Waals surface area contributed by atoms with Crippen LogP contribution in [0, 0.1) is 0 Å². The second-order valence-corrected chi connectivity index (χ2v) is 2.48. The first-order valence-electron chi connectivity index (χ1n) is 2.91. The van der Waals surface area contributed by atoms with Crippen LogP contribution in [-0.2, 0) is 0 Å². The average Bonchev–Trinajstić information content (AvgIpc) is 1.77. The summed E-state index contributed by atoms with van der Waals surface area (Å²) in [7, 11) is 0. The molecule has 1 rings (SSSR count). The Bertz CT molecular complexity index is 109. The van der Waals surface area contributed by atoms with Crippen molar-refractivity contribution in [3.05, 3.63) is 11.8 Å². The molecule has 0 radical (unpaired) electrons. The first kappa shape index (κ1) is 5.96. The Morgan fingerprint density at radius 3 is 2.88 bits per heavy atom. The van der Waals surface area contributed by atoms with Gasteiger partial charge in [0.2, 0.25) is 0 Å². The number of nitrogens with zero attached hydrogens (tertiary/aromatic N) is 1. The van der Waals surface area contributed by atoms with E-state index in [-0.39, 0.29) is 0 Å². The quantitative estimate of drug-likeness (QED) is 0.456. The first-order chi connectivity index (χ1) is 3.80. The summed E-state index contributed by atoms with van der Waals surface area (Å²) in [4.78, 5) is 0. The summed E-state index contributed by atoms with van der Waals surface area (Å²) < 4.78 is 1.77. The summed E-state index contributed by atoms with van der Waals surface area (Å²) in [6.07, 6.45) is 4.55. The third kappa shape index (κ3) is 1.16. The normalized spacial score (nSPS) is 20.8. The summed E-state index contributed by atoms with van der Waals surface area (Å²) in [6, 6.07) is 0. The highest BCUT2D eigenvalue weighted by Crippen LogP contribution is 2.15. The molecule has 2 heteroatoms. The smallest absolute Gasteiger partial charge is 0.0348 e. The molecule has 0 saturated carbocycles. The van der Waals surface area contributed by atoms with Crippen molar-refractivity contribution in [3.63, 3.8) is 0 Å². The largest absolute Gasteiger partial charge is 0.290 e. The van der Waals surface area contributed by atoms with Crippen LogP contribution in [0.15, 0.2) is 11.8 Å². The van der Waals surface area contributed by atoms with Crippen molar-refractivity contribution < 1.29 is 0 Å². The van der Waals surface area contributed by atoms with Crippen LogP contribution < -0.4 is 0 Å². The van der Waals surface area contributed by atoms with Crippen molar-refractivity contribution in [1.29, 1.82) is 0 Å². The minimum atomic E-state index is 1.00. The summed E-state index contributed by atoms with van der Waals surface area (Å²) in [6.45, 7) is 3.04. The molecule has 46 valence electrons. The lowest BCUT2D eigenvalue weighted by Crippen LogP contribution is -2.14. The standard InChI is InChI=1S/C6H10ClN/c1-6-4-2-3-5-8(6)7/h4H,2-3,5H2,1H3. The molecule has 0 saturated heterocycles. The lowest BCUT2D eigenvalue weighted by molar-refractivity contribution is 0.505. The third-order valence-corrected chi connectivity index (χ3v) is 1.82. The molecule has 0 fully saturated rings. The van der Waals surface area contributed by atoms with E-state index in [4.69, 9.17) is 11.8 Å². The van der Waals surface area contributed by atoms with Crippen LogP contribution in [0.2, 0.25) is 0 Å². The minimum Gasteiger partial charge on any atom is -0.290 e. The van der Waals surface area contributed by atoms with Gasteiger partial charge in [-0.1, -0.05) is 6.08 Å². The highest BCUT2D eigenvalue weighted by molar-refractivity contribution is 6.14. The molecule has 0 atom stereocenters. The van der Waals surface area contributed by atoms with Gasteiger partial charge in [-0.25, -0.2) is 0 Å². The SMILES string of the molecule is CC1=CCCCN1Cl. The number of allylic oxidation sites excluding steroid dienone is 2. The summed E-state index contributed by atoms with van der Waals surface area (Å²) in [5.41, 5.74) is 1.19. The van der Waals surface area contributed by atoms with Crippen LogP contribution in [-0.4, -0.2) is 11.0 Å². The average molecular weight is 132 g/mol. The van der Waals surface area contributed by atoms with Gasteiger partial charge in [-0.3, -0.25) is 4.42 Å². The van der Waals surface area contributed by atoms with E-state index in [1.54, 1.807) is 4.42 Å². The second-order valence-electron chi connectivity index (χ2n) is 2.07. The van der Waals surface area contributed by atoms with Gasteiger partial charge >= 0.3 is 0 Å². The van der Waals surface area contributed by atoms with Crippen LogP contribution in [0.3, 0.4) is 0 Å². The molecule has 0 aromatic heterocycles. The molecule has 0 aromatic rings. The molecular weight excluding hydrogens is 122 g/mol. The summed E-state index contributed by atoms with van der Waals surface area (Å²) >= 11 is 5.73. The Labute approximate surface area is 55.0 Å². The van der Waals surface area contributed by atoms with E-state index >= 15 is 0 Å². The fraction of sp³-hybridized carbons (Fsp3) is 0.667. The molecule has 0 aliphatic carbocycles. The van der Waals surface area contributed by atoms with Crippen LogP contribution >= 0.6 is 11.8 Å². The molecule has 1 aliphatic heterocycles. The molecular formula is C6H10ClN. The molecule has 0 unspecified atom stereocenters. The summed E-state index contributed by atoms with van der Waals surface area (Å²) in [5, 5.41) is 0. The number of hydrogen-bond acceptors (Lipinski definition) is 1. The van der Waals surface area contributed by atoms with Gasteiger partial charge in [-0.2, -0.15) is 0 Å². The Hall–Kier alpha value is -0.170. The fourth-order valence-corrected chi connectivity index (χ4v) is 1.00. The van der Waals surface area contributed by atoms with Gasteiger partial charge in [0.25, 0.3) is 0 Å². The van der Waals surface area contributed by atoms with Crippen molar-refractivity contribution in [2.24, 2.45) is 0 Å². The van der Waals surface area contributed by atoms with Crippen LogP contribution in [0.1, 0.15) is 19.8 Å². The molecule has 1 aliphatic rings. The predicted octanol–water partition coefficient (Wildman–Crippen LogP) is 2.14. The van der Waals surface area contributed by atoms with Crippen LogP contribution in [0.25, 0.3) is 0 Å². The van der Waals surface area contributed by atoms with E-state index < -0.39 is 0 Å². The van der Waals surface area contributed by atoms with E-state index in [0.717, 1.165) is 6.54 Å². The monoisotopic (exact) mass is 131 g/mol. The van der Waals surface area contributed by atoms with Crippen molar-refractivity contribution in [2.45, 2.75) is 19.8 Å². The zero-order valence-corrected chi connectivity index (χ0v) is 5.78. The summed E-state index contributed by atoms with van der Waals surface area (Å²) in [5.74, 6) is 0. The second kappa shape index (κ2) is 2.40. The molecule has 1 heterocycles. The van der Waals surface area contributed by atoms with E-state index in [1.165, 1.54) is 18.5 Å². The molecule has 0 aromatic carbocycles. The van der Waals surface area contributed by atoms with Gasteiger partial charge in [-0.05, 0) is 19.8 Å². The third-order valence-electron chi connectivity index (χ3n) is 1.38. The molecule has 1 nitrogen and oxygen atoms in total. The maximum absolute atomic E-state index is 5.73. The number of hydrogen-bond donors (Lipinski definition) is 0. The van der Waals surface area contributed by atoms with E-state index in [2.05, 4.69) is 6.08 Å². The maximum Gasteiger partial charge on any atom is 0.0348 e. The van der Waals surface area contributed by atoms with Gasteiger partial charge in [0.15, 0.2) is 0 Å². The van der Waals surface area contributed by atoms with Gasteiger partial charge < -0.3 is 0 Å². The molecule has 0 bridgehead atoms. The van der Waals surface area contributed by atoms with Gasteiger partial charge in [0.05, 0.1) is 0 Å². The van der Waals surface area contributed by atoms with Gasteiger partial charge in [-0.15, -0.1) is 0 Å². The predicted molar refractivity (Wildman–Crippen MR) is 35.5 cm³/mol. The molecule has 0 N–H and O–H groups in total. The van der Waals surface area contributed by atoms with Crippen LogP contribution in [0.4, 0.5) is 0 Å². The zero-order chi connectivity index (χ0) is 5.98. The lowest BCUT2D eigenvalue weighted by atomic mass is 10.2. The van der Waals surface area contributed by atoms with E-state index in [1.807, 2.05) is 6.92 Å². The molecule has 0 spiro atoms. The first-order valence-corrected chi connectivity index (χ1v) is 3.24. The zero-order valence-electron chi connectivity index (χ0n) is 5.02. The highest BCUT2D eigenvalue weighted by Gasteiger charge is 2.04. The Morgan fingerprint density at radius 1 is 1.75 bits per heavy atom. The van der Waals surface area contributed by atoms with Gasteiger partial charge in [0.1, 0.15) is 0 Å². The van der Waals surface area contributed by atoms with Crippen molar-refractivity contribution in [3.8, 4) is 0 Å². The lowest BCUT2D eigenvalue weighted by Gasteiger charge is -2.19. The van der Waals surface area contributed by atoms with Crippen LogP contribution in [0.5, 0.6) is 0 Å². The van der Waals surface area contributed by atoms with Crippen molar-refractivity contribution in [1.82, 2.24) is 4.42 Å². The van der Waals surface area contributed by atoms with E-state index in [9.17, 15) is 0 Å². The Kier molecular flexibility index (Phi) is 1.79. The Morgan fingerprint density at radius 2 is 2.50 bits per heavy atom.